The first-order valence-corrected chi connectivity index (χ1v) is 7.44. The zero-order chi connectivity index (χ0) is 16.4. The van der Waals surface area contributed by atoms with Gasteiger partial charge >= 0.3 is 0 Å². The molecule has 1 N–H and O–H groups in total. The molecule has 0 aromatic heterocycles. The normalized spacial score (nSPS) is 30.0. The van der Waals surface area contributed by atoms with E-state index in [1.807, 2.05) is 0 Å². The van der Waals surface area contributed by atoms with Crippen molar-refractivity contribution in [1.29, 1.82) is 0 Å². The molecule has 0 amide bonds. The third-order valence-corrected chi connectivity index (χ3v) is 3.52. The maximum Gasteiger partial charge on any atom is 0.146 e. The SMILES string of the molecule is C=CC[C@@H](O)C[C@@H]1C[C@@H](OCOC)[C@H](OCOC)[C@@H](C=C)O1. The molecular weight excluding hydrogens is 288 g/mol. The number of hydrogen-bond donors (Lipinski definition) is 1. The van der Waals surface area contributed by atoms with Gasteiger partial charge in [-0.2, -0.15) is 0 Å². The van der Waals surface area contributed by atoms with Gasteiger partial charge in [0.15, 0.2) is 0 Å². The molecule has 5 atom stereocenters. The molecular formula is C16H28O6. The molecule has 0 bridgehead atoms. The Labute approximate surface area is 132 Å². The average molecular weight is 316 g/mol. The van der Waals surface area contributed by atoms with Gasteiger partial charge in [-0.15, -0.1) is 13.2 Å². The van der Waals surface area contributed by atoms with Crippen LogP contribution in [0.1, 0.15) is 19.3 Å². The zero-order valence-corrected chi connectivity index (χ0v) is 13.5. The smallest absolute Gasteiger partial charge is 0.146 e. The van der Waals surface area contributed by atoms with Crippen molar-refractivity contribution in [2.45, 2.75) is 49.8 Å². The first-order valence-electron chi connectivity index (χ1n) is 7.44. The van der Waals surface area contributed by atoms with E-state index in [1.165, 1.54) is 0 Å². The lowest BCUT2D eigenvalue weighted by Crippen LogP contribution is -2.51. The highest BCUT2D eigenvalue weighted by Crippen LogP contribution is 2.28. The first-order chi connectivity index (χ1) is 10.7. The lowest BCUT2D eigenvalue weighted by atomic mass is 9.94. The van der Waals surface area contributed by atoms with Gasteiger partial charge in [0, 0.05) is 20.6 Å². The molecule has 128 valence electrons. The number of ether oxygens (including phenoxy) is 5. The second-order valence-corrected chi connectivity index (χ2v) is 5.26. The van der Waals surface area contributed by atoms with Crippen molar-refractivity contribution in [1.82, 2.24) is 0 Å². The quantitative estimate of drug-likeness (QED) is 0.462. The largest absolute Gasteiger partial charge is 0.393 e. The lowest BCUT2D eigenvalue weighted by molar-refractivity contribution is -0.229. The summed E-state index contributed by atoms with van der Waals surface area (Å²) in [6, 6.07) is 0. The molecule has 1 saturated heterocycles. The van der Waals surface area contributed by atoms with Gasteiger partial charge in [0.2, 0.25) is 0 Å². The minimum absolute atomic E-state index is 0.137. The van der Waals surface area contributed by atoms with Crippen LogP contribution in [-0.4, -0.2) is 63.4 Å². The summed E-state index contributed by atoms with van der Waals surface area (Å²) in [7, 11) is 3.13. The van der Waals surface area contributed by atoms with Crippen molar-refractivity contribution >= 4 is 0 Å². The van der Waals surface area contributed by atoms with Crippen molar-refractivity contribution < 1.29 is 28.8 Å². The van der Waals surface area contributed by atoms with Crippen molar-refractivity contribution in [3.05, 3.63) is 25.3 Å². The Balaban J connectivity index is 2.70. The highest BCUT2D eigenvalue weighted by Gasteiger charge is 2.39. The van der Waals surface area contributed by atoms with Crippen LogP contribution in [0.5, 0.6) is 0 Å². The number of methoxy groups -OCH3 is 2. The van der Waals surface area contributed by atoms with Crippen LogP contribution in [0.3, 0.4) is 0 Å². The average Bonchev–Trinajstić information content (AvgIpc) is 2.51. The third kappa shape index (κ3) is 6.16. The van der Waals surface area contributed by atoms with Crippen LogP contribution in [0.4, 0.5) is 0 Å². The van der Waals surface area contributed by atoms with Crippen LogP contribution < -0.4 is 0 Å². The Bertz CT molecular complexity index is 322. The summed E-state index contributed by atoms with van der Waals surface area (Å²) in [5.74, 6) is 0. The molecule has 6 nitrogen and oxygen atoms in total. The summed E-state index contributed by atoms with van der Waals surface area (Å²) in [5.41, 5.74) is 0. The number of aliphatic hydroxyl groups excluding tert-OH is 1. The molecule has 6 heteroatoms. The number of hydrogen-bond acceptors (Lipinski definition) is 6. The lowest BCUT2D eigenvalue weighted by Gasteiger charge is -2.40. The predicted octanol–water partition coefficient (Wildman–Crippen LogP) is 1.64. The van der Waals surface area contributed by atoms with E-state index in [0.717, 1.165) is 0 Å². The van der Waals surface area contributed by atoms with Crippen molar-refractivity contribution in [2.24, 2.45) is 0 Å². The van der Waals surface area contributed by atoms with E-state index >= 15 is 0 Å². The van der Waals surface area contributed by atoms with Crippen LogP contribution in [0.25, 0.3) is 0 Å². The predicted molar refractivity (Wildman–Crippen MR) is 82.4 cm³/mol. The van der Waals surface area contributed by atoms with Gasteiger partial charge in [0.1, 0.15) is 25.8 Å². The Morgan fingerprint density at radius 2 is 1.91 bits per heavy atom. The van der Waals surface area contributed by atoms with Gasteiger partial charge in [-0.1, -0.05) is 12.2 Å². The van der Waals surface area contributed by atoms with Crippen LogP contribution >= 0.6 is 0 Å². The zero-order valence-electron chi connectivity index (χ0n) is 13.5. The molecule has 22 heavy (non-hydrogen) atoms. The molecule has 1 aliphatic rings. The van der Waals surface area contributed by atoms with E-state index in [9.17, 15) is 5.11 Å². The van der Waals surface area contributed by atoms with Crippen LogP contribution in [0.15, 0.2) is 25.3 Å². The van der Waals surface area contributed by atoms with E-state index < -0.39 is 6.10 Å². The standard InChI is InChI=1S/C16H28O6/c1-5-7-12(17)8-13-9-15(20-10-18-3)16(21-11-19-4)14(6-2)22-13/h5-6,12-17H,1-2,7-11H2,3-4H3/t12-,13-,14-,15-,16-/m1/s1. The molecule has 1 rings (SSSR count). The highest BCUT2D eigenvalue weighted by atomic mass is 16.7. The molecule has 0 aromatic carbocycles. The monoisotopic (exact) mass is 316 g/mol. The van der Waals surface area contributed by atoms with E-state index in [-0.39, 0.29) is 38.0 Å². The maximum absolute atomic E-state index is 9.94. The molecule has 0 radical (unpaired) electrons. The highest BCUT2D eigenvalue weighted by molar-refractivity contribution is 4.97. The molecule has 0 aliphatic carbocycles. The minimum atomic E-state index is -0.479. The number of aliphatic hydroxyl groups is 1. The Kier molecular flexibility index (Phi) is 9.54. The van der Waals surface area contributed by atoms with E-state index in [4.69, 9.17) is 23.7 Å². The van der Waals surface area contributed by atoms with Crippen molar-refractivity contribution in [3.8, 4) is 0 Å². The minimum Gasteiger partial charge on any atom is -0.393 e. The summed E-state index contributed by atoms with van der Waals surface area (Å²) in [6.07, 6.45) is 3.56. The second kappa shape index (κ2) is 10.9. The van der Waals surface area contributed by atoms with Gasteiger partial charge < -0.3 is 28.8 Å². The molecule has 0 aromatic rings. The Hall–Kier alpha value is -0.760. The van der Waals surface area contributed by atoms with E-state index in [2.05, 4.69) is 13.2 Å². The topological polar surface area (TPSA) is 66.4 Å². The van der Waals surface area contributed by atoms with E-state index in [0.29, 0.717) is 19.3 Å². The maximum atomic E-state index is 9.94. The molecule has 1 heterocycles. The Morgan fingerprint density at radius 3 is 2.50 bits per heavy atom. The van der Waals surface area contributed by atoms with E-state index in [1.54, 1.807) is 26.4 Å². The van der Waals surface area contributed by atoms with Gasteiger partial charge in [0.25, 0.3) is 0 Å². The second-order valence-electron chi connectivity index (χ2n) is 5.26. The fraction of sp³-hybridized carbons (Fsp3) is 0.750. The molecule has 1 fully saturated rings. The van der Waals surface area contributed by atoms with Crippen LogP contribution in [-0.2, 0) is 23.7 Å². The fourth-order valence-electron chi connectivity index (χ4n) is 2.56. The molecule has 1 aliphatic heterocycles. The molecule has 0 unspecified atom stereocenters. The third-order valence-electron chi connectivity index (χ3n) is 3.52. The van der Waals surface area contributed by atoms with Gasteiger partial charge in [0.05, 0.1) is 18.3 Å². The van der Waals surface area contributed by atoms with Gasteiger partial charge in [-0.3, -0.25) is 0 Å². The van der Waals surface area contributed by atoms with Crippen molar-refractivity contribution in [3.63, 3.8) is 0 Å². The number of rotatable bonds is 11. The summed E-state index contributed by atoms with van der Waals surface area (Å²) < 4.78 is 27.3. The fourth-order valence-corrected chi connectivity index (χ4v) is 2.56. The summed E-state index contributed by atoms with van der Waals surface area (Å²) >= 11 is 0. The van der Waals surface area contributed by atoms with Crippen LogP contribution in [0.2, 0.25) is 0 Å². The van der Waals surface area contributed by atoms with Crippen molar-refractivity contribution in [2.75, 3.05) is 27.8 Å². The first kappa shape index (κ1) is 19.3. The summed E-state index contributed by atoms with van der Waals surface area (Å²) in [5, 5.41) is 9.94. The summed E-state index contributed by atoms with van der Waals surface area (Å²) in [4.78, 5) is 0. The van der Waals surface area contributed by atoms with Gasteiger partial charge in [-0.25, -0.2) is 0 Å². The summed E-state index contributed by atoms with van der Waals surface area (Å²) in [6.45, 7) is 7.75. The molecule has 0 saturated carbocycles. The molecule has 0 spiro atoms. The Morgan fingerprint density at radius 1 is 1.23 bits per heavy atom. The van der Waals surface area contributed by atoms with Crippen LogP contribution in [0, 0.1) is 0 Å². The van der Waals surface area contributed by atoms with Gasteiger partial charge in [-0.05, 0) is 12.8 Å².